The Hall–Kier alpha value is -1.65. The van der Waals surface area contributed by atoms with Crippen LogP contribution < -0.4 is 4.90 Å². The fourth-order valence-corrected chi connectivity index (χ4v) is 2.48. The van der Waals surface area contributed by atoms with Gasteiger partial charge < -0.3 is 10.0 Å². The Morgan fingerprint density at radius 1 is 1.33 bits per heavy atom. The molecule has 1 fully saturated rings. The minimum atomic E-state index is -1.04. The molecular weight excluding hydrogens is 230 g/mol. The topological polar surface area (TPSA) is 66.3 Å². The van der Waals surface area contributed by atoms with Crippen LogP contribution in [0.3, 0.4) is 0 Å². The molecule has 1 aliphatic carbocycles. The minimum absolute atomic E-state index is 0.00943. The lowest BCUT2D eigenvalue weighted by atomic mass is 9.89. The van der Waals surface area contributed by atoms with E-state index in [0.717, 1.165) is 18.3 Å². The lowest BCUT2D eigenvalue weighted by Gasteiger charge is -2.27. The summed E-state index contributed by atoms with van der Waals surface area (Å²) in [6.45, 7) is 0.973. The Morgan fingerprint density at radius 3 is 2.61 bits per heavy atom. The monoisotopic (exact) mass is 249 g/mol. The largest absolute Gasteiger partial charge is 0.476 e. The maximum absolute atomic E-state index is 10.7. The van der Waals surface area contributed by atoms with Crippen molar-refractivity contribution in [3.63, 3.8) is 0 Å². The first-order chi connectivity index (χ1) is 8.66. The maximum Gasteiger partial charge on any atom is 0.356 e. The molecule has 0 spiro atoms. The van der Waals surface area contributed by atoms with E-state index in [0.29, 0.717) is 0 Å². The van der Waals surface area contributed by atoms with Crippen LogP contribution in [0.15, 0.2) is 12.4 Å². The average molecular weight is 249 g/mol. The van der Waals surface area contributed by atoms with E-state index in [9.17, 15) is 4.79 Å². The van der Waals surface area contributed by atoms with Crippen LogP contribution >= 0.6 is 0 Å². The first-order valence-corrected chi connectivity index (χ1v) is 6.43. The molecule has 1 aromatic heterocycles. The molecule has 18 heavy (non-hydrogen) atoms. The van der Waals surface area contributed by atoms with Gasteiger partial charge in [-0.15, -0.1) is 0 Å². The molecular formula is C13H19N3O2. The van der Waals surface area contributed by atoms with Crippen LogP contribution in [-0.2, 0) is 0 Å². The lowest BCUT2D eigenvalue weighted by molar-refractivity contribution is 0.0690. The smallest absolute Gasteiger partial charge is 0.356 e. The first-order valence-electron chi connectivity index (χ1n) is 6.43. The molecule has 1 aromatic rings. The fourth-order valence-electron chi connectivity index (χ4n) is 2.48. The molecule has 1 aliphatic rings. The van der Waals surface area contributed by atoms with Crippen molar-refractivity contribution >= 4 is 11.8 Å². The van der Waals surface area contributed by atoms with Gasteiger partial charge >= 0.3 is 5.97 Å². The van der Waals surface area contributed by atoms with Crippen molar-refractivity contribution in [1.29, 1.82) is 0 Å². The normalized spacial score (nSPS) is 16.5. The summed E-state index contributed by atoms with van der Waals surface area (Å²) < 4.78 is 0. The number of hydrogen-bond acceptors (Lipinski definition) is 4. The summed E-state index contributed by atoms with van der Waals surface area (Å²) in [4.78, 5) is 20.8. The molecule has 1 heterocycles. The van der Waals surface area contributed by atoms with E-state index < -0.39 is 5.97 Å². The third-order valence-electron chi connectivity index (χ3n) is 3.51. The van der Waals surface area contributed by atoms with E-state index in [2.05, 4.69) is 14.9 Å². The van der Waals surface area contributed by atoms with E-state index in [1.54, 1.807) is 0 Å². The molecule has 1 saturated carbocycles. The van der Waals surface area contributed by atoms with Gasteiger partial charge in [-0.2, -0.15) is 0 Å². The summed E-state index contributed by atoms with van der Waals surface area (Å²) in [5.74, 6) is 0.430. The van der Waals surface area contributed by atoms with Crippen molar-refractivity contribution in [2.24, 2.45) is 5.92 Å². The quantitative estimate of drug-likeness (QED) is 0.886. The highest BCUT2D eigenvalue weighted by atomic mass is 16.4. The van der Waals surface area contributed by atoms with Gasteiger partial charge in [-0.25, -0.2) is 14.8 Å². The number of aromatic nitrogens is 2. The van der Waals surface area contributed by atoms with Crippen molar-refractivity contribution in [3.05, 3.63) is 18.1 Å². The van der Waals surface area contributed by atoms with Crippen LogP contribution in [0.4, 0.5) is 5.82 Å². The van der Waals surface area contributed by atoms with Gasteiger partial charge in [0.25, 0.3) is 0 Å². The molecule has 98 valence electrons. The van der Waals surface area contributed by atoms with E-state index in [-0.39, 0.29) is 5.69 Å². The number of carbonyl (C=O) groups is 1. The van der Waals surface area contributed by atoms with E-state index in [4.69, 9.17) is 5.11 Å². The SMILES string of the molecule is CN(CC1CCCCC1)c1cnc(C(=O)O)cn1. The van der Waals surface area contributed by atoms with Crippen LogP contribution in [0.25, 0.3) is 0 Å². The van der Waals surface area contributed by atoms with Crippen LogP contribution in [0, 0.1) is 5.92 Å². The van der Waals surface area contributed by atoms with Crippen LogP contribution in [0.1, 0.15) is 42.6 Å². The summed E-state index contributed by atoms with van der Waals surface area (Å²) in [6.07, 6.45) is 9.41. The Kier molecular flexibility index (Phi) is 4.12. The van der Waals surface area contributed by atoms with Gasteiger partial charge in [0.1, 0.15) is 5.82 Å². The van der Waals surface area contributed by atoms with Crippen molar-refractivity contribution in [3.8, 4) is 0 Å². The van der Waals surface area contributed by atoms with Crippen molar-refractivity contribution < 1.29 is 9.90 Å². The zero-order valence-electron chi connectivity index (χ0n) is 10.7. The summed E-state index contributed by atoms with van der Waals surface area (Å²) in [6, 6.07) is 0. The minimum Gasteiger partial charge on any atom is -0.476 e. The average Bonchev–Trinajstić information content (AvgIpc) is 2.40. The van der Waals surface area contributed by atoms with Gasteiger partial charge in [-0.1, -0.05) is 19.3 Å². The summed E-state index contributed by atoms with van der Waals surface area (Å²) in [5, 5.41) is 8.76. The van der Waals surface area contributed by atoms with Crippen LogP contribution in [-0.4, -0.2) is 34.6 Å². The van der Waals surface area contributed by atoms with Gasteiger partial charge in [0.2, 0.25) is 0 Å². The van der Waals surface area contributed by atoms with Gasteiger partial charge in [-0.05, 0) is 18.8 Å². The fraction of sp³-hybridized carbons (Fsp3) is 0.615. The summed E-state index contributed by atoms with van der Waals surface area (Å²) in [5.41, 5.74) is -0.00943. The Morgan fingerprint density at radius 2 is 2.06 bits per heavy atom. The Balaban J connectivity index is 1.95. The van der Waals surface area contributed by atoms with Crippen molar-refractivity contribution in [2.75, 3.05) is 18.5 Å². The molecule has 0 bridgehead atoms. The number of aromatic carboxylic acids is 1. The van der Waals surface area contributed by atoms with E-state index >= 15 is 0 Å². The van der Waals surface area contributed by atoms with Gasteiger partial charge in [0, 0.05) is 13.6 Å². The summed E-state index contributed by atoms with van der Waals surface area (Å²) >= 11 is 0. The molecule has 0 radical (unpaired) electrons. The number of rotatable bonds is 4. The molecule has 0 unspecified atom stereocenters. The zero-order valence-corrected chi connectivity index (χ0v) is 10.7. The molecule has 0 aliphatic heterocycles. The molecule has 5 heteroatoms. The highest BCUT2D eigenvalue weighted by Gasteiger charge is 2.16. The number of anilines is 1. The standard InChI is InChI=1S/C13H19N3O2/c1-16(9-10-5-3-2-4-6-10)12-8-14-11(7-15-12)13(17)18/h7-8,10H,2-6,9H2,1H3,(H,17,18). The number of carboxylic acids is 1. The molecule has 0 aromatic carbocycles. The van der Waals surface area contributed by atoms with Gasteiger partial charge in [0.05, 0.1) is 12.4 Å². The molecule has 1 N–H and O–H groups in total. The second kappa shape index (κ2) is 5.80. The number of carboxylic acid groups (broad SMARTS) is 1. The van der Waals surface area contributed by atoms with Gasteiger partial charge in [0.15, 0.2) is 5.69 Å². The van der Waals surface area contributed by atoms with Crippen molar-refractivity contribution in [2.45, 2.75) is 32.1 Å². The third kappa shape index (κ3) is 3.18. The number of nitrogens with zero attached hydrogens (tertiary/aromatic N) is 3. The molecule has 5 nitrogen and oxygen atoms in total. The predicted octanol–water partition coefficient (Wildman–Crippen LogP) is 2.19. The highest BCUT2D eigenvalue weighted by Crippen LogP contribution is 2.25. The number of hydrogen-bond donors (Lipinski definition) is 1. The first kappa shape index (κ1) is 12.8. The van der Waals surface area contributed by atoms with Crippen LogP contribution in [0.5, 0.6) is 0 Å². The second-order valence-corrected chi connectivity index (χ2v) is 4.95. The van der Waals surface area contributed by atoms with Crippen LogP contribution in [0.2, 0.25) is 0 Å². The lowest BCUT2D eigenvalue weighted by Crippen LogP contribution is -2.27. The maximum atomic E-state index is 10.7. The molecule has 2 rings (SSSR count). The van der Waals surface area contributed by atoms with E-state index in [1.807, 2.05) is 7.05 Å². The van der Waals surface area contributed by atoms with Crippen molar-refractivity contribution in [1.82, 2.24) is 9.97 Å². The summed E-state index contributed by atoms with van der Waals surface area (Å²) in [7, 11) is 1.99. The predicted molar refractivity (Wildman–Crippen MR) is 68.8 cm³/mol. The zero-order chi connectivity index (χ0) is 13.0. The van der Waals surface area contributed by atoms with E-state index in [1.165, 1.54) is 44.5 Å². The molecule has 0 saturated heterocycles. The Bertz CT molecular complexity index is 399. The highest BCUT2D eigenvalue weighted by molar-refractivity contribution is 5.84. The Labute approximate surface area is 107 Å². The molecule has 0 amide bonds. The second-order valence-electron chi connectivity index (χ2n) is 4.95. The third-order valence-corrected chi connectivity index (χ3v) is 3.51. The molecule has 0 atom stereocenters. The van der Waals surface area contributed by atoms with Gasteiger partial charge in [-0.3, -0.25) is 0 Å².